The number of hydrogen-bond acceptors (Lipinski definition) is 6. The van der Waals surface area contributed by atoms with Crippen molar-refractivity contribution >= 4 is 57.0 Å². The average molecular weight is 492 g/mol. The van der Waals surface area contributed by atoms with Crippen molar-refractivity contribution in [2.24, 2.45) is 5.92 Å². The summed E-state index contributed by atoms with van der Waals surface area (Å²) in [6.45, 7) is 1.93. The summed E-state index contributed by atoms with van der Waals surface area (Å²) in [6.07, 6.45) is 1.09. The highest BCUT2D eigenvalue weighted by Crippen LogP contribution is 2.33. The van der Waals surface area contributed by atoms with E-state index in [1.807, 2.05) is 23.8 Å². The Labute approximate surface area is 196 Å². The van der Waals surface area contributed by atoms with E-state index in [1.165, 1.54) is 12.1 Å². The lowest BCUT2D eigenvalue weighted by Crippen LogP contribution is -2.41. The Kier molecular flexibility index (Phi) is 6.68. The molecule has 6 nitrogen and oxygen atoms in total. The number of fused-ring (bicyclic) bond motifs is 1. The number of benzene rings is 1. The number of carbonyl (C=O) groups is 3. The van der Waals surface area contributed by atoms with Crippen molar-refractivity contribution in [3.8, 4) is 0 Å². The number of rotatable bonds is 6. The number of aromatic nitrogens is 1. The SMILES string of the molecule is C[C@@H](Cc1ccsc1)NC(=O)[C@@H]1CC(=O)c2sc(NC(=O)c3c(F)cccc3Cl)nc2C1. The lowest BCUT2D eigenvalue weighted by molar-refractivity contribution is -0.125. The number of anilines is 1. The average Bonchev–Trinajstić information content (AvgIpc) is 3.37. The minimum Gasteiger partial charge on any atom is -0.353 e. The zero-order chi connectivity index (χ0) is 22.8. The summed E-state index contributed by atoms with van der Waals surface area (Å²) >= 11 is 8.56. The Morgan fingerprint density at radius 1 is 1.31 bits per heavy atom. The number of Topliss-reactive ketones (excluding diaryl/α,β-unsaturated/α-hetero) is 1. The predicted molar refractivity (Wildman–Crippen MR) is 123 cm³/mol. The summed E-state index contributed by atoms with van der Waals surface area (Å²) in [6, 6.07) is 5.91. The Hall–Kier alpha value is -2.62. The molecule has 3 aromatic rings. The number of ketones is 1. The number of amides is 2. The van der Waals surface area contributed by atoms with Crippen LogP contribution in [0.1, 0.15) is 44.6 Å². The first-order valence-corrected chi connectivity index (χ1v) is 12.0. The molecular formula is C22H19ClFN3O3S2. The van der Waals surface area contributed by atoms with Crippen LogP contribution in [-0.2, 0) is 17.6 Å². The van der Waals surface area contributed by atoms with Crippen molar-refractivity contribution in [2.75, 3.05) is 5.32 Å². The highest BCUT2D eigenvalue weighted by atomic mass is 35.5. The zero-order valence-electron chi connectivity index (χ0n) is 17.0. The van der Waals surface area contributed by atoms with Gasteiger partial charge in [-0.3, -0.25) is 19.7 Å². The van der Waals surface area contributed by atoms with Gasteiger partial charge in [0.2, 0.25) is 5.91 Å². The van der Waals surface area contributed by atoms with Gasteiger partial charge in [0.05, 0.1) is 27.1 Å². The molecule has 2 atom stereocenters. The standard InChI is InChI=1S/C22H19ClFN3O3S2/c1-11(7-12-5-6-31-10-12)25-20(29)13-8-16-19(17(28)9-13)32-22(26-16)27-21(30)18-14(23)3-2-4-15(18)24/h2-6,10-11,13H,7-9H2,1H3,(H,25,29)(H,26,27,30)/t11-,13-/m0/s1. The Morgan fingerprint density at radius 2 is 2.12 bits per heavy atom. The van der Waals surface area contributed by atoms with Gasteiger partial charge in [-0.25, -0.2) is 9.37 Å². The molecule has 0 radical (unpaired) electrons. The van der Waals surface area contributed by atoms with E-state index in [2.05, 4.69) is 15.6 Å². The van der Waals surface area contributed by atoms with Gasteiger partial charge in [0.15, 0.2) is 10.9 Å². The van der Waals surface area contributed by atoms with Crippen molar-refractivity contribution in [2.45, 2.75) is 32.2 Å². The number of carbonyl (C=O) groups excluding carboxylic acids is 3. The summed E-state index contributed by atoms with van der Waals surface area (Å²) in [5.74, 6) is -2.40. The molecule has 0 saturated carbocycles. The van der Waals surface area contributed by atoms with Gasteiger partial charge in [0.25, 0.3) is 5.91 Å². The first-order chi connectivity index (χ1) is 15.3. The van der Waals surface area contributed by atoms with Gasteiger partial charge in [-0.15, -0.1) is 0 Å². The van der Waals surface area contributed by atoms with Gasteiger partial charge in [-0.2, -0.15) is 11.3 Å². The van der Waals surface area contributed by atoms with Crippen LogP contribution in [0.2, 0.25) is 5.02 Å². The molecule has 1 aliphatic rings. The molecule has 2 N–H and O–H groups in total. The second-order valence-electron chi connectivity index (χ2n) is 7.62. The molecule has 10 heteroatoms. The summed E-state index contributed by atoms with van der Waals surface area (Å²) < 4.78 is 14.0. The summed E-state index contributed by atoms with van der Waals surface area (Å²) in [4.78, 5) is 42.5. The maximum absolute atomic E-state index is 14.0. The third-order valence-electron chi connectivity index (χ3n) is 5.11. The summed E-state index contributed by atoms with van der Waals surface area (Å²) in [7, 11) is 0. The fourth-order valence-electron chi connectivity index (χ4n) is 3.62. The second-order valence-corrected chi connectivity index (χ2v) is 9.81. The van der Waals surface area contributed by atoms with Crippen molar-refractivity contribution in [3.05, 3.63) is 67.6 Å². The van der Waals surface area contributed by atoms with Gasteiger partial charge in [-0.1, -0.05) is 29.0 Å². The smallest absolute Gasteiger partial charge is 0.261 e. The number of hydrogen-bond donors (Lipinski definition) is 2. The van der Waals surface area contributed by atoms with E-state index < -0.39 is 17.6 Å². The fraction of sp³-hybridized carbons (Fsp3) is 0.273. The van der Waals surface area contributed by atoms with Crippen LogP contribution >= 0.6 is 34.3 Å². The third-order valence-corrected chi connectivity index (χ3v) is 7.22. The molecule has 1 aromatic carbocycles. The molecule has 2 amide bonds. The normalized spacial score (nSPS) is 16.3. The molecule has 4 rings (SSSR count). The van der Waals surface area contributed by atoms with Crippen molar-refractivity contribution in [3.63, 3.8) is 0 Å². The molecule has 0 spiro atoms. The lowest BCUT2D eigenvalue weighted by atomic mass is 9.89. The monoisotopic (exact) mass is 491 g/mol. The third kappa shape index (κ3) is 4.90. The van der Waals surface area contributed by atoms with E-state index in [0.717, 1.165) is 23.0 Å². The number of nitrogens with zero attached hydrogens (tertiary/aromatic N) is 1. The van der Waals surface area contributed by atoms with E-state index >= 15 is 0 Å². The van der Waals surface area contributed by atoms with Crippen LogP contribution in [-0.4, -0.2) is 28.6 Å². The minimum absolute atomic E-state index is 0.0202. The van der Waals surface area contributed by atoms with Crippen LogP contribution in [0.5, 0.6) is 0 Å². The van der Waals surface area contributed by atoms with Crippen LogP contribution in [0.4, 0.5) is 9.52 Å². The fourth-order valence-corrected chi connectivity index (χ4v) is 5.48. The van der Waals surface area contributed by atoms with E-state index in [9.17, 15) is 18.8 Å². The first kappa shape index (κ1) is 22.6. The Morgan fingerprint density at radius 3 is 2.84 bits per heavy atom. The molecule has 166 valence electrons. The minimum atomic E-state index is -0.749. The Balaban J connectivity index is 1.43. The van der Waals surface area contributed by atoms with E-state index in [0.29, 0.717) is 23.4 Å². The highest BCUT2D eigenvalue weighted by Gasteiger charge is 2.33. The maximum Gasteiger partial charge on any atom is 0.261 e. The highest BCUT2D eigenvalue weighted by molar-refractivity contribution is 7.17. The van der Waals surface area contributed by atoms with Crippen molar-refractivity contribution in [1.29, 1.82) is 0 Å². The van der Waals surface area contributed by atoms with Gasteiger partial charge in [-0.05, 0) is 47.9 Å². The summed E-state index contributed by atoms with van der Waals surface area (Å²) in [5.41, 5.74) is 1.33. The second kappa shape index (κ2) is 9.48. The van der Waals surface area contributed by atoms with Crippen molar-refractivity contribution < 1.29 is 18.8 Å². The largest absolute Gasteiger partial charge is 0.353 e. The van der Waals surface area contributed by atoms with Crippen LogP contribution in [0.3, 0.4) is 0 Å². The van der Waals surface area contributed by atoms with Gasteiger partial charge < -0.3 is 5.32 Å². The topological polar surface area (TPSA) is 88.2 Å². The van der Waals surface area contributed by atoms with Crippen molar-refractivity contribution in [1.82, 2.24) is 10.3 Å². The van der Waals surface area contributed by atoms with E-state index in [-0.39, 0.29) is 39.9 Å². The lowest BCUT2D eigenvalue weighted by Gasteiger charge is -2.22. The van der Waals surface area contributed by atoms with Crippen LogP contribution < -0.4 is 10.6 Å². The van der Waals surface area contributed by atoms with E-state index in [1.54, 1.807) is 11.3 Å². The molecular weight excluding hydrogens is 473 g/mol. The number of thiophene rings is 1. The molecule has 0 bridgehead atoms. The molecule has 2 aromatic heterocycles. The molecule has 0 aliphatic heterocycles. The molecule has 32 heavy (non-hydrogen) atoms. The molecule has 1 aliphatic carbocycles. The van der Waals surface area contributed by atoms with E-state index in [4.69, 9.17) is 11.6 Å². The summed E-state index contributed by atoms with van der Waals surface area (Å²) in [5, 5.41) is 9.66. The van der Waals surface area contributed by atoms with Gasteiger partial charge >= 0.3 is 0 Å². The molecule has 0 unspecified atom stereocenters. The zero-order valence-corrected chi connectivity index (χ0v) is 19.4. The number of thiazole rings is 1. The molecule has 2 heterocycles. The predicted octanol–water partition coefficient (Wildman–Crippen LogP) is 4.74. The number of nitrogens with one attached hydrogen (secondary N) is 2. The first-order valence-electron chi connectivity index (χ1n) is 9.91. The number of halogens is 2. The van der Waals surface area contributed by atoms with Crippen LogP contribution in [0, 0.1) is 11.7 Å². The maximum atomic E-state index is 14.0. The quantitative estimate of drug-likeness (QED) is 0.521. The van der Waals surface area contributed by atoms with Crippen LogP contribution in [0.25, 0.3) is 0 Å². The molecule has 0 saturated heterocycles. The van der Waals surface area contributed by atoms with Gasteiger partial charge in [0, 0.05) is 18.9 Å². The van der Waals surface area contributed by atoms with Crippen LogP contribution in [0.15, 0.2) is 35.0 Å². The van der Waals surface area contributed by atoms with Gasteiger partial charge in [0.1, 0.15) is 5.82 Å². The Bertz CT molecular complexity index is 1160. The molecule has 0 fully saturated rings.